The van der Waals surface area contributed by atoms with Crippen LogP contribution in [0, 0.1) is 5.41 Å². The van der Waals surface area contributed by atoms with Crippen molar-refractivity contribution in [2.24, 2.45) is 5.41 Å². The van der Waals surface area contributed by atoms with Crippen molar-refractivity contribution in [3.8, 4) is 0 Å². The van der Waals surface area contributed by atoms with E-state index in [1.807, 2.05) is 45.0 Å². The second-order valence-corrected chi connectivity index (χ2v) is 5.93. The molecule has 0 heterocycles. The van der Waals surface area contributed by atoms with Crippen molar-refractivity contribution < 1.29 is 9.59 Å². The lowest BCUT2D eigenvalue weighted by molar-refractivity contribution is -0.126. The van der Waals surface area contributed by atoms with Crippen LogP contribution in [0.4, 0.5) is 11.4 Å². The quantitative estimate of drug-likeness (QED) is 0.886. The summed E-state index contributed by atoms with van der Waals surface area (Å²) in [7, 11) is 3.42. The fourth-order valence-corrected chi connectivity index (χ4v) is 1.36. The van der Waals surface area contributed by atoms with Crippen LogP contribution >= 0.6 is 0 Å². The lowest BCUT2D eigenvalue weighted by atomic mass is 9.95. The number of benzene rings is 1. The van der Waals surface area contributed by atoms with E-state index < -0.39 is 5.41 Å². The summed E-state index contributed by atoms with van der Waals surface area (Å²) in [5, 5.41) is 5.89. The molecular formula is C15H23N3O2. The standard InChI is InChI=1S/C15H23N3O2/c1-15(2,3)14(20)17-12-8-6-7-11(9-12)16-10-13(19)18(4)5/h6-9,16H,10H2,1-5H3,(H,17,20). The van der Waals surface area contributed by atoms with Crippen LogP contribution in [0.3, 0.4) is 0 Å². The van der Waals surface area contributed by atoms with Gasteiger partial charge in [0.05, 0.1) is 6.54 Å². The molecule has 2 N–H and O–H groups in total. The number of rotatable bonds is 4. The Balaban J connectivity index is 2.67. The normalized spacial score (nSPS) is 10.8. The summed E-state index contributed by atoms with van der Waals surface area (Å²) < 4.78 is 0. The van der Waals surface area contributed by atoms with Crippen LogP contribution < -0.4 is 10.6 Å². The van der Waals surface area contributed by atoms with E-state index in [0.717, 1.165) is 5.69 Å². The molecule has 0 aliphatic heterocycles. The molecule has 0 spiro atoms. The molecule has 0 radical (unpaired) electrons. The third-order valence-corrected chi connectivity index (χ3v) is 2.74. The topological polar surface area (TPSA) is 61.4 Å². The molecule has 0 saturated heterocycles. The molecular weight excluding hydrogens is 254 g/mol. The molecule has 0 bridgehead atoms. The third-order valence-electron chi connectivity index (χ3n) is 2.74. The number of amides is 2. The Morgan fingerprint density at radius 2 is 1.75 bits per heavy atom. The van der Waals surface area contributed by atoms with Gasteiger partial charge in [0.2, 0.25) is 11.8 Å². The lowest BCUT2D eigenvalue weighted by Gasteiger charge is -2.18. The van der Waals surface area contributed by atoms with Gasteiger partial charge < -0.3 is 15.5 Å². The Morgan fingerprint density at radius 1 is 1.15 bits per heavy atom. The number of anilines is 2. The molecule has 0 saturated carbocycles. The number of carbonyl (C=O) groups is 2. The van der Waals surface area contributed by atoms with E-state index in [-0.39, 0.29) is 18.4 Å². The van der Waals surface area contributed by atoms with E-state index in [1.165, 1.54) is 4.90 Å². The lowest BCUT2D eigenvalue weighted by Crippen LogP contribution is -2.29. The maximum absolute atomic E-state index is 11.9. The van der Waals surface area contributed by atoms with Crippen molar-refractivity contribution in [1.29, 1.82) is 0 Å². The highest BCUT2D eigenvalue weighted by molar-refractivity contribution is 5.95. The van der Waals surface area contributed by atoms with Gasteiger partial charge in [0.1, 0.15) is 0 Å². The molecule has 110 valence electrons. The highest BCUT2D eigenvalue weighted by Gasteiger charge is 2.21. The van der Waals surface area contributed by atoms with Gasteiger partial charge in [-0.2, -0.15) is 0 Å². The van der Waals surface area contributed by atoms with Crippen LogP contribution in [0.15, 0.2) is 24.3 Å². The first-order valence-corrected chi connectivity index (χ1v) is 6.55. The number of likely N-dealkylation sites (N-methyl/N-ethyl adjacent to an activating group) is 1. The molecule has 2 amide bonds. The number of nitrogens with zero attached hydrogens (tertiary/aromatic N) is 1. The Hall–Kier alpha value is -2.04. The van der Waals surface area contributed by atoms with Gasteiger partial charge in [0.25, 0.3) is 0 Å². The van der Waals surface area contributed by atoms with Gasteiger partial charge in [-0.15, -0.1) is 0 Å². The van der Waals surface area contributed by atoms with Crippen molar-refractivity contribution in [1.82, 2.24) is 4.90 Å². The van der Waals surface area contributed by atoms with E-state index in [9.17, 15) is 9.59 Å². The summed E-state index contributed by atoms with van der Waals surface area (Å²) in [6, 6.07) is 7.32. The van der Waals surface area contributed by atoms with Gasteiger partial charge in [0.15, 0.2) is 0 Å². The molecule has 20 heavy (non-hydrogen) atoms. The van der Waals surface area contributed by atoms with Gasteiger partial charge in [-0.25, -0.2) is 0 Å². The largest absolute Gasteiger partial charge is 0.376 e. The molecule has 0 aliphatic rings. The fraction of sp³-hybridized carbons (Fsp3) is 0.467. The van der Waals surface area contributed by atoms with E-state index in [0.29, 0.717) is 5.69 Å². The highest BCUT2D eigenvalue weighted by Crippen LogP contribution is 2.19. The van der Waals surface area contributed by atoms with E-state index in [1.54, 1.807) is 14.1 Å². The third kappa shape index (κ3) is 4.91. The van der Waals surface area contributed by atoms with Crippen molar-refractivity contribution in [3.05, 3.63) is 24.3 Å². The first-order chi connectivity index (χ1) is 9.20. The molecule has 5 nitrogen and oxygen atoms in total. The van der Waals surface area contributed by atoms with Crippen LogP contribution in [0.25, 0.3) is 0 Å². The average molecular weight is 277 g/mol. The maximum Gasteiger partial charge on any atom is 0.241 e. The Kier molecular flexibility index (Phi) is 5.13. The minimum absolute atomic E-state index is 0.00544. The number of hydrogen-bond donors (Lipinski definition) is 2. The minimum Gasteiger partial charge on any atom is -0.376 e. The summed E-state index contributed by atoms with van der Waals surface area (Å²) in [6.07, 6.45) is 0. The van der Waals surface area contributed by atoms with E-state index in [4.69, 9.17) is 0 Å². The van der Waals surface area contributed by atoms with Gasteiger partial charge >= 0.3 is 0 Å². The highest BCUT2D eigenvalue weighted by atomic mass is 16.2. The predicted molar refractivity (Wildman–Crippen MR) is 81.7 cm³/mol. The Bertz CT molecular complexity index is 490. The van der Waals surface area contributed by atoms with E-state index in [2.05, 4.69) is 10.6 Å². The monoisotopic (exact) mass is 277 g/mol. The molecule has 0 atom stereocenters. The van der Waals surface area contributed by atoms with Crippen LogP contribution in [0.5, 0.6) is 0 Å². The zero-order valence-electron chi connectivity index (χ0n) is 12.8. The van der Waals surface area contributed by atoms with Crippen LogP contribution in [0.1, 0.15) is 20.8 Å². The van der Waals surface area contributed by atoms with E-state index >= 15 is 0 Å². The van der Waals surface area contributed by atoms with Crippen LogP contribution in [-0.4, -0.2) is 37.4 Å². The van der Waals surface area contributed by atoms with Crippen LogP contribution in [-0.2, 0) is 9.59 Å². The van der Waals surface area contributed by atoms with Gasteiger partial charge in [0, 0.05) is 30.9 Å². The molecule has 1 aromatic carbocycles. The summed E-state index contributed by atoms with van der Waals surface area (Å²) in [6.45, 7) is 5.81. The van der Waals surface area contributed by atoms with Gasteiger partial charge in [-0.05, 0) is 18.2 Å². The number of hydrogen-bond acceptors (Lipinski definition) is 3. The summed E-state index contributed by atoms with van der Waals surface area (Å²) in [5.41, 5.74) is 1.07. The molecule has 0 fully saturated rings. The number of carbonyl (C=O) groups excluding carboxylic acids is 2. The van der Waals surface area contributed by atoms with Crippen molar-refractivity contribution >= 4 is 23.2 Å². The summed E-state index contributed by atoms with van der Waals surface area (Å²) >= 11 is 0. The SMILES string of the molecule is CN(C)C(=O)CNc1cccc(NC(=O)C(C)(C)C)c1. The van der Waals surface area contributed by atoms with Crippen molar-refractivity contribution in [3.63, 3.8) is 0 Å². The predicted octanol–water partition coefficient (Wildman–Crippen LogP) is 2.17. The average Bonchev–Trinajstić information content (AvgIpc) is 2.35. The molecule has 1 aromatic rings. The van der Waals surface area contributed by atoms with Crippen molar-refractivity contribution in [2.45, 2.75) is 20.8 Å². The molecule has 0 aromatic heterocycles. The number of nitrogens with one attached hydrogen (secondary N) is 2. The zero-order valence-corrected chi connectivity index (χ0v) is 12.8. The first kappa shape index (κ1) is 16.0. The first-order valence-electron chi connectivity index (χ1n) is 6.55. The Morgan fingerprint density at radius 3 is 2.30 bits per heavy atom. The second kappa shape index (κ2) is 6.41. The summed E-state index contributed by atoms with van der Waals surface area (Å²) in [5.74, 6) is -0.0480. The smallest absolute Gasteiger partial charge is 0.241 e. The van der Waals surface area contributed by atoms with Gasteiger partial charge in [-0.3, -0.25) is 9.59 Å². The van der Waals surface area contributed by atoms with Gasteiger partial charge in [-0.1, -0.05) is 26.8 Å². The molecule has 5 heteroatoms. The van der Waals surface area contributed by atoms with Crippen molar-refractivity contribution in [2.75, 3.05) is 31.3 Å². The maximum atomic E-state index is 11.9. The zero-order chi connectivity index (χ0) is 15.3. The summed E-state index contributed by atoms with van der Waals surface area (Å²) in [4.78, 5) is 24.9. The minimum atomic E-state index is -0.440. The molecule has 1 rings (SSSR count). The molecule has 0 unspecified atom stereocenters. The molecule has 0 aliphatic carbocycles. The van der Waals surface area contributed by atoms with Crippen LogP contribution in [0.2, 0.25) is 0 Å². The Labute approximate surface area is 120 Å². The fourth-order valence-electron chi connectivity index (χ4n) is 1.36. The second-order valence-electron chi connectivity index (χ2n) is 5.93.